The summed E-state index contributed by atoms with van der Waals surface area (Å²) in [6, 6.07) is 13.6. The maximum Gasteiger partial charge on any atom is 0.234 e. The number of carbonyl (C=O) groups is 1. The van der Waals surface area contributed by atoms with Gasteiger partial charge in [0.25, 0.3) is 0 Å². The van der Waals surface area contributed by atoms with Gasteiger partial charge in [0.05, 0.1) is 17.1 Å². The van der Waals surface area contributed by atoms with Gasteiger partial charge in [0.2, 0.25) is 5.91 Å². The van der Waals surface area contributed by atoms with Gasteiger partial charge in [0.1, 0.15) is 0 Å². The maximum atomic E-state index is 12.0. The zero-order valence-corrected chi connectivity index (χ0v) is 12.5. The van der Waals surface area contributed by atoms with Gasteiger partial charge in [-0.15, -0.1) is 11.8 Å². The highest BCUT2D eigenvalue weighted by atomic mass is 32.2. The van der Waals surface area contributed by atoms with E-state index >= 15 is 0 Å². The molecule has 0 atom stereocenters. The largest absolute Gasteiger partial charge is 0.397 e. The third-order valence-electron chi connectivity index (χ3n) is 3.15. The number of aryl methyl sites for hydroxylation is 1. The number of hydrogen-bond acceptors (Lipinski definition) is 3. The summed E-state index contributed by atoms with van der Waals surface area (Å²) < 4.78 is 0. The topological polar surface area (TPSA) is 55.1 Å². The summed E-state index contributed by atoms with van der Waals surface area (Å²) in [5.74, 6) is 0.330. The van der Waals surface area contributed by atoms with Crippen LogP contribution in [0.4, 0.5) is 11.4 Å². The first-order valence-electron chi connectivity index (χ1n) is 6.41. The van der Waals surface area contributed by atoms with E-state index in [4.69, 9.17) is 5.73 Å². The van der Waals surface area contributed by atoms with Crippen LogP contribution in [-0.2, 0) is 4.79 Å². The fraction of sp³-hybridized carbons (Fsp3) is 0.188. The molecule has 20 heavy (non-hydrogen) atoms. The van der Waals surface area contributed by atoms with Crippen LogP contribution in [0.25, 0.3) is 0 Å². The second-order valence-corrected chi connectivity index (χ2v) is 5.67. The van der Waals surface area contributed by atoms with Crippen LogP contribution >= 0.6 is 11.8 Å². The van der Waals surface area contributed by atoms with Gasteiger partial charge in [-0.1, -0.05) is 24.3 Å². The number of carbonyl (C=O) groups excluding carboxylic acids is 1. The monoisotopic (exact) mass is 286 g/mol. The number of thioether (sulfide) groups is 1. The van der Waals surface area contributed by atoms with Gasteiger partial charge in [-0.05, 0) is 43.2 Å². The van der Waals surface area contributed by atoms with Crippen molar-refractivity contribution >= 4 is 29.0 Å². The molecule has 0 bridgehead atoms. The van der Waals surface area contributed by atoms with Crippen molar-refractivity contribution in [1.29, 1.82) is 0 Å². The van der Waals surface area contributed by atoms with Gasteiger partial charge in [-0.2, -0.15) is 0 Å². The van der Waals surface area contributed by atoms with Crippen LogP contribution < -0.4 is 11.1 Å². The van der Waals surface area contributed by atoms with Crippen LogP contribution in [0.3, 0.4) is 0 Å². The molecular weight excluding hydrogens is 268 g/mol. The standard InChI is InChI=1S/C16H18N2OS/c1-11-8-9-14(17)16(12(11)2)18-15(19)10-20-13-6-4-3-5-7-13/h3-9H,10,17H2,1-2H3,(H,18,19). The zero-order chi connectivity index (χ0) is 14.5. The first kappa shape index (κ1) is 14.5. The minimum Gasteiger partial charge on any atom is -0.397 e. The number of benzene rings is 2. The van der Waals surface area contributed by atoms with Crippen molar-refractivity contribution in [3.63, 3.8) is 0 Å². The molecule has 0 saturated carbocycles. The summed E-state index contributed by atoms with van der Waals surface area (Å²) >= 11 is 1.51. The molecule has 0 saturated heterocycles. The van der Waals surface area contributed by atoms with Gasteiger partial charge in [0.15, 0.2) is 0 Å². The van der Waals surface area contributed by atoms with Gasteiger partial charge in [-0.3, -0.25) is 4.79 Å². The molecule has 0 aliphatic heterocycles. The van der Waals surface area contributed by atoms with Crippen molar-refractivity contribution in [2.75, 3.05) is 16.8 Å². The third-order valence-corrected chi connectivity index (χ3v) is 4.16. The van der Waals surface area contributed by atoms with Crippen LogP contribution in [-0.4, -0.2) is 11.7 Å². The maximum absolute atomic E-state index is 12.0. The molecular formula is C16H18N2OS. The molecule has 0 spiro atoms. The van der Waals surface area contributed by atoms with Crippen LogP contribution in [0.1, 0.15) is 11.1 Å². The van der Waals surface area contributed by atoms with Crippen LogP contribution in [0.2, 0.25) is 0 Å². The van der Waals surface area contributed by atoms with Crippen molar-refractivity contribution in [2.45, 2.75) is 18.7 Å². The van der Waals surface area contributed by atoms with Crippen molar-refractivity contribution in [2.24, 2.45) is 0 Å². The number of rotatable bonds is 4. The average molecular weight is 286 g/mol. The van der Waals surface area contributed by atoms with Crippen molar-refractivity contribution < 1.29 is 4.79 Å². The molecule has 1 amide bonds. The second kappa shape index (κ2) is 6.48. The zero-order valence-electron chi connectivity index (χ0n) is 11.6. The van der Waals surface area contributed by atoms with E-state index < -0.39 is 0 Å². The van der Waals surface area contributed by atoms with Crippen molar-refractivity contribution in [3.05, 3.63) is 53.6 Å². The van der Waals surface area contributed by atoms with Gasteiger partial charge >= 0.3 is 0 Å². The molecule has 2 rings (SSSR count). The summed E-state index contributed by atoms with van der Waals surface area (Å²) in [6.07, 6.45) is 0. The summed E-state index contributed by atoms with van der Waals surface area (Å²) in [7, 11) is 0. The van der Waals surface area contributed by atoms with E-state index in [1.165, 1.54) is 11.8 Å². The molecule has 3 nitrogen and oxygen atoms in total. The Bertz CT molecular complexity index is 611. The first-order valence-corrected chi connectivity index (χ1v) is 7.40. The number of nitrogens with one attached hydrogen (secondary N) is 1. The Kier molecular flexibility index (Phi) is 4.69. The Morgan fingerprint density at radius 3 is 2.55 bits per heavy atom. The molecule has 0 heterocycles. The lowest BCUT2D eigenvalue weighted by atomic mass is 10.1. The normalized spacial score (nSPS) is 10.3. The van der Waals surface area contributed by atoms with E-state index in [9.17, 15) is 4.79 Å². The predicted molar refractivity (Wildman–Crippen MR) is 86.1 cm³/mol. The average Bonchev–Trinajstić information content (AvgIpc) is 2.46. The van der Waals surface area contributed by atoms with Crippen LogP contribution in [0, 0.1) is 13.8 Å². The Morgan fingerprint density at radius 2 is 1.85 bits per heavy atom. The van der Waals surface area contributed by atoms with Gasteiger partial charge in [0, 0.05) is 4.90 Å². The fourth-order valence-corrected chi connectivity index (χ4v) is 2.56. The number of nitrogen functional groups attached to an aromatic ring is 1. The highest BCUT2D eigenvalue weighted by molar-refractivity contribution is 8.00. The molecule has 3 N–H and O–H groups in total. The SMILES string of the molecule is Cc1ccc(N)c(NC(=O)CSc2ccccc2)c1C. The lowest BCUT2D eigenvalue weighted by Gasteiger charge is -2.13. The van der Waals surface area contributed by atoms with E-state index in [1.807, 2.05) is 56.3 Å². The van der Waals surface area contributed by atoms with Crippen molar-refractivity contribution in [1.82, 2.24) is 0 Å². The highest BCUT2D eigenvalue weighted by Crippen LogP contribution is 2.26. The van der Waals surface area contributed by atoms with E-state index in [0.29, 0.717) is 11.4 Å². The minimum atomic E-state index is -0.0424. The lowest BCUT2D eigenvalue weighted by Crippen LogP contribution is -2.16. The fourth-order valence-electron chi connectivity index (χ4n) is 1.84. The summed E-state index contributed by atoms with van der Waals surface area (Å²) in [5, 5.41) is 2.90. The third kappa shape index (κ3) is 3.54. The van der Waals surface area contributed by atoms with E-state index in [-0.39, 0.29) is 5.91 Å². The number of anilines is 2. The minimum absolute atomic E-state index is 0.0424. The molecule has 2 aromatic rings. The molecule has 0 unspecified atom stereocenters. The van der Waals surface area contributed by atoms with E-state index in [0.717, 1.165) is 21.7 Å². The number of amides is 1. The van der Waals surface area contributed by atoms with Gasteiger partial charge in [-0.25, -0.2) is 0 Å². The highest BCUT2D eigenvalue weighted by Gasteiger charge is 2.10. The summed E-state index contributed by atoms with van der Waals surface area (Å²) in [4.78, 5) is 13.1. The molecule has 0 aromatic heterocycles. The van der Waals surface area contributed by atoms with Gasteiger partial charge < -0.3 is 11.1 Å². The predicted octanol–water partition coefficient (Wildman–Crippen LogP) is 3.62. The summed E-state index contributed by atoms with van der Waals surface area (Å²) in [5.41, 5.74) is 9.39. The van der Waals surface area contributed by atoms with E-state index in [1.54, 1.807) is 0 Å². The Balaban J connectivity index is 2.00. The molecule has 0 radical (unpaired) electrons. The molecule has 0 aliphatic rings. The molecule has 0 aliphatic carbocycles. The second-order valence-electron chi connectivity index (χ2n) is 4.62. The number of hydrogen-bond donors (Lipinski definition) is 2. The Morgan fingerprint density at radius 1 is 1.15 bits per heavy atom. The quantitative estimate of drug-likeness (QED) is 0.667. The smallest absolute Gasteiger partial charge is 0.234 e. The molecule has 104 valence electrons. The van der Waals surface area contributed by atoms with E-state index in [2.05, 4.69) is 5.32 Å². The molecule has 2 aromatic carbocycles. The first-order chi connectivity index (χ1) is 9.58. The number of nitrogens with two attached hydrogens (primary N) is 1. The van der Waals surface area contributed by atoms with Crippen LogP contribution in [0.5, 0.6) is 0 Å². The van der Waals surface area contributed by atoms with Crippen LogP contribution in [0.15, 0.2) is 47.4 Å². The Labute approximate surface area is 123 Å². The molecule has 0 fully saturated rings. The Hall–Kier alpha value is -1.94. The van der Waals surface area contributed by atoms with Crippen molar-refractivity contribution in [3.8, 4) is 0 Å². The lowest BCUT2D eigenvalue weighted by molar-refractivity contribution is -0.113. The summed E-state index contributed by atoms with van der Waals surface area (Å²) in [6.45, 7) is 3.97. The molecule has 4 heteroatoms.